The van der Waals surface area contributed by atoms with Crippen LogP contribution >= 0.6 is 0 Å². The third kappa shape index (κ3) is 4.31. The Labute approximate surface area is 90.0 Å². The third-order valence-corrected chi connectivity index (χ3v) is 1.79. The van der Waals surface area contributed by atoms with E-state index in [-0.39, 0.29) is 5.70 Å². The van der Waals surface area contributed by atoms with Crippen LogP contribution in [0.2, 0.25) is 0 Å². The lowest BCUT2D eigenvalue weighted by atomic mass is 10.3. The van der Waals surface area contributed by atoms with Gasteiger partial charge in [0.05, 0.1) is 6.61 Å². The van der Waals surface area contributed by atoms with Crippen molar-refractivity contribution in [2.75, 3.05) is 6.61 Å². The molecule has 0 amide bonds. The Morgan fingerprint density at radius 2 is 1.87 bits per heavy atom. The van der Waals surface area contributed by atoms with Crippen LogP contribution in [0.5, 0.6) is 0 Å². The van der Waals surface area contributed by atoms with Crippen LogP contribution in [-0.4, -0.2) is 40.1 Å². The number of hydrogen-bond donors (Lipinski definition) is 2. The Balaban J connectivity index is 4.44. The average Bonchev–Trinajstić information content (AvgIpc) is 2.12. The van der Waals surface area contributed by atoms with Crippen LogP contribution in [-0.2, 0) is 9.53 Å². The molecule has 0 aromatic carbocycles. The minimum atomic E-state index is -0.994. The summed E-state index contributed by atoms with van der Waals surface area (Å²) >= 11 is 0. The highest BCUT2D eigenvalue weighted by molar-refractivity contribution is 5.87. The number of nitrogens with zero attached hydrogens (tertiary/aromatic N) is 1. The second kappa shape index (κ2) is 6.42. The predicted molar refractivity (Wildman–Crippen MR) is 55.6 cm³/mol. The van der Waals surface area contributed by atoms with Crippen LogP contribution in [0.25, 0.3) is 0 Å². The molecule has 0 aliphatic carbocycles. The summed E-state index contributed by atoms with van der Waals surface area (Å²) in [5, 5.41) is 18.6. The van der Waals surface area contributed by atoms with Crippen LogP contribution < -0.4 is 0 Å². The van der Waals surface area contributed by atoms with Crippen molar-refractivity contribution >= 4 is 5.97 Å². The number of aliphatic hydroxyl groups excluding tert-OH is 2. The van der Waals surface area contributed by atoms with Crippen molar-refractivity contribution in [1.29, 1.82) is 0 Å². The van der Waals surface area contributed by atoms with Gasteiger partial charge in [0.25, 0.3) is 0 Å². The molecule has 88 valence electrons. The molecular formula is C10H19NO4. The molecule has 5 heteroatoms. The predicted octanol–water partition coefficient (Wildman–Crippen LogP) is 0.432. The summed E-state index contributed by atoms with van der Waals surface area (Å²) in [4.78, 5) is 12.4. The molecule has 2 unspecified atom stereocenters. The summed E-state index contributed by atoms with van der Waals surface area (Å²) in [7, 11) is 0. The minimum Gasteiger partial charge on any atom is -0.461 e. The van der Waals surface area contributed by atoms with E-state index in [1.165, 1.54) is 13.8 Å². The van der Waals surface area contributed by atoms with E-state index in [1.807, 2.05) is 6.92 Å². The Bertz CT molecular complexity index is 217. The van der Waals surface area contributed by atoms with Crippen LogP contribution in [0.3, 0.4) is 0 Å². The van der Waals surface area contributed by atoms with Gasteiger partial charge in [-0.25, -0.2) is 4.79 Å². The third-order valence-electron chi connectivity index (χ3n) is 1.79. The van der Waals surface area contributed by atoms with Gasteiger partial charge in [0.15, 0.2) is 0 Å². The molecule has 0 saturated carbocycles. The Morgan fingerprint density at radius 1 is 1.40 bits per heavy atom. The monoisotopic (exact) mass is 217 g/mol. The molecule has 0 aromatic heterocycles. The average molecular weight is 217 g/mol. The van der Waals surface area contributed by atoms with Gasteiger partial charge in [-0.15, -0.1) is 0 Å². The summed E-state index contributed by atoms with van der Waals surface area (Å²) in [6.45, 7) is 8.52. The molecule has 0 spiro atoms. The first-order valence-corrected chi connectivity index (χ1v) is 4.92. The summed E-state index contributed by atoms with van der Waals surface area (Å²) in [5.74, 6) is -0.626. The Kier molecular flexibility index (Phi) is 5.96. The van der Waals surface area contributed by atoms with Gasteiger partial charge >= 0.3 is 5.97 Å². The Morgan fingerprint density at radius 3 is 2.20 bits per heavy atom. The zero-order chi connectivity index (χ0) is 12.0. The van der Waals surface area contributed by atoms with Gasteiger partial charge in [0, 0.05) is 0 Å². The van der Waals surface area contributed by atoms with Crippen molar-refractivity contribution < 1.29 is 19.7 Å². The molecule has 0 aromatic rings. The van der Waals surface area contributed by atoms with Crippen molar-refractivity contribution in [3.8, 4) is 0 Å². The van der Waals surface area contributed by atoms with Crippen LogP contribution in [0.15, 0.2) is 12.3 Å². The molecule has 5 nitrogen and oxygen atoms in total. The van der Waals surface area contributed by atoms with E-state index in [9.17, 15) is 15.0 Å². The highest BCUT2D eigenvalue weighted by atomic mass is 16.5. The quantitative estimate of drug-likeness (QED) is 0.383. The molecule has 0 fully saturated rings. The number of rotatable bonds is 6. The SMILES string of the molecule is C=C(C(=O)OCCC)N(C(C)O)C(C)O. The van der Waals surface area contributed by atoms with Gasteiger partial charge in [-0.05, 0) is 20.3 Å². The van der Waals surface area contributed by atoms with Crippen molar-refractivity contribution in [3.05, 3.63) is 12.3 Å². The second-order valence-electron chi connectivity index (χ2n) is 3.25. The summed E-state index contributed by atoms with van der Waals surface area (Å²) in [6.07, 6.45) is -1.28. The van der Waals surface area contributed by atoms with Crippen molar-refractivity contribution in [2.24, 2.45) is 0 Å². The van der Waals surface area contributed by atoms with Gasteiger partial charge < -0.3 is 19.8 Å². The van der Waals surface area contributed by atoms with Gasteiger partial charge in [-0.3, -0.25) is 0 Å². The molecule has 2 atom stereocenters. The summed E-state index contributed by atoms with van der Waals surface area (Å²) in [6, 6.07) is 0. The molecule has 0 aliphatic rings. The number of ether oxygens (including phenoxy) is 1. The molecule has 15 heavy (non-hydrogen) atoms. The van der Waals surface area contributed by atoms with E-state index in [4.69, 9.17) is 4.74 Å². The van der Waals surface area contributed by atoms with E-state index >= 15 is 0 Å². The van der Waals surface area contributed by atoms with E-state index in [0.717, 1.165) is 4.90 Å². The normalized spacial score (nSPS) is 14.2. The van der Waals surface area contributed by atoms with Crippen molar-refractivity contribution in [2.45, 2.75) is 39.6 Å². The first kappa shape index (κ1) is 13.9. The number of carbonyl (C=O) groups is 1. The van der Waals surface area contributed by atoms with Gasteiger partial charge in [0.1, 0.15) is 18.2 Å². The molecular weight excluding hydrogens is 198 g/mol. The molecule has 0 radical (unpaired) electrons. The molecule has 0 heterocycles. The van der Waals surface area contributed by atoms with E-state index in [2.05, 4.69) is 6.58 Å². The lowest BCUT2D eigenvalue weighted by Gasteiger charge is -2.30. The smallest absolute Gasteiger partial charge is 0.354 e. The minimum absolute atomic E-state index is 0.0477. The number of hydrogen-bond acceptors (Lipinski definition) is 5. The maximum absolute atomic E-state index is 11.4. The molecule has 2 N–H and O–H groups in total. The number of esters is 1. The molecule has 0 aliphatic heterocycles. The lowest BCUT2D eigenvalue weighted by Crippen LogP contribution is -2.41. The Hall–Kier alpha value is -1.07. The van der Waals surface area contributed by atoms with Gasteiger partial charge in [-0.2, -0.15) is 0 Å². The maximum atomic E-state index is 11.4. The van der Waals surface area contributed by atoms with E-state index in [0.29, 0.717) is 13.0 Å². The molecule has 0 saturated heterocycles. The fraction of sp³-hybridized carbons (Fsp3) is 0.700. The van der Waals surface area contributed by atoms with E-state index in [1.54, 1.807) is 0 Å². The van der Waals surface area contributed by atoms with Crippen LogP contribution in [0.1, 0.15) is 27.2 Å². The first-order valence-electron chi connectivity index (χ1n) is 4.92. The van der Waals surface area contributed by atoms with Gasteiger partial charge in [0.2, 0.25) is 0 Å². The lowest BCUT2D eigenvalue weighted by molar-refractivity contribution is -0.146. The zero-order valence-electron chi connectivity index (χ0n) is 9.43. The fourth-order valence-electron chi connectivity index (χ4n) is 1.15. The van der Waals surface area contributed by atoms with Crippen LogP contribution in [0, 0.1) is 0 Å². The largest absolute Gasteiger partial charge is 0.461 e. The van der Waals surface area contributed by atoms with Crippen molar-refractivity contribution in [3.63, 3.8) is 0 Å². The molecule has 0 bridgehead atoms. The summed E-state index contributed by atoms with van der Waals surface area (Å²) < 4.78 is 4.83. The summed E-state index contributed by atoms with van der Waals surface area (Å²) in [5.41, 5.74) is -0.0477. The van der Waals surface area contributed by atoms with Crippen LogP contribution in [0.4, 0.5) is 0 Å². The fourth-order valence-corrected chi connectivity index (χ4v) is 1.15. The number of carbonyl (C=O) groups excluding carboxylic acids is 1. The second-order valence-corrected chi connectivity index (χ2v) is 3.25. The highest BCUT2D eigenvalue weighted by Crippen LogP contribution is 2.11. The highest BCUT2D eigenvalue weighted by Gasteiger charge is 2.23. The standard InChI is InChI=1S/C10H19NO4/c1-5-6-15-10(14)7(2)11(8(3)12)9(4)13/h8-9,12-13H,2,5-6H2,1,3-4H3. The van der Waals surface area contributed by atoms with E-state index < -0.39 is 18.4 Å². The van der Waals surface area contributed by atoms with Gasteiger partial charge in [-0.1, -0.05) is 13.5 Å². The first-order chi connectivity index (χ1) is 6.91. The van der Waals surface area contributed by atoms with Crippen molar-refractivity contribution in [1.82, 2.24) is 4.90 Å². The number of aliphatic hydroxyl groups is 2. The topological polar surface area (TPSA) is 70.0 Å². The maximum Gasteiger partial charge on any atom is 0.354 e. The molecule has 0 rings (SSSR count). The zero-order valence-corrected chi connectivity index (χ0v) is 9.43.